The maximum atomic E-state index is 9.86. The molecule has 2 aliphatic carbocycles. The van der Waals surface area contributed by atoms with Gasteiger partial charge in [0.1, 0.15) is 0 Å². The van der Waals surface area contributed by atoms with Gasteiger partial charge in [-0.05, 0) is 62.2 Å². The van der Waals surface area contributed by atoms with Gasteiger partial charge in [-0.15, -0.1) is 0 Å². The summed E-state index contributed by atoms with van der Waals surface area (Å²) < 4.78 is 6.21. The van der Waals surface area contributed by atoms with Gasteiger partial charge in [0.05, 0.1) is 11.7 Å². The van der Waals surface area contributed by atoms with Gasteiger partial charge in [0.15, 0.2) is 0 Å². The number of hydrogen-bond acceptors (Lipinski definition) is 3. The monoisotopic (exact) mass is 283 g/mol. The molecule has 2 fully saturated rings. The van der Waals surface area contributed by atoms with Crippen molar-refractivity contribution in [1.29, 1.82) is 0 Å². The van der Waals surface area contributed by atoms with Crippen LogP contribution in [0.4, 0.5) is 0 Å². The second kappa shape index (κ2) is 5.58. The van der Waals surface area contributed by atoms with Crippen molar-refractivity contribution in [1.82, 2.24) is 0 Å². The summed E-state index contributed by atoms with van der Waals surface area (Å²) in [5.74, 6) is 0.843. The molecule has 0 aliphatic heterocycles. The largest absolute Gasteiger partial charge is 0.389 e. The van der Waals surface area contributed by atoms with Crippen molar-refractivity contribution in [3.05, 3.63) is 0 Å². The third kappa shape index (κ3) is 2.77. The van der Waals surface area contributed by atoms with Gasteiger partial charge < -0.3 is 15.6 Å². The first-order valence-corrected chi connectivity index (χ1v) is 8.27. The van der Waals surface area contributed by atoms with Gasteiger partial charge in [0.25, 0.3) is 0 Å². The van der Waals surface area contributed by atoms with Gasteiger partial charge in [-0.1, -0.05) is 20.8 Å². The van der Waals surface area contributed by atoms with Crippen LogP contribution >= 0.6 is 0 Å². The molecule has 4 unspecified atom stereocenters. The minimum Gasteiger partial charge on any atom is -0.389 e. The zero-order valence-electron chi connectivity index (χ0n) is 13.7. The molecule has 2 bridgehead atoms. The summed E-state index contributed by atoms with van der Waals surface area (Å²) in [5, 5.41) is 9.86. The molecule has 0 spiro atoms. The van der Waals surface area contributed by atoms with Crippen LogP contribution in [0.25, 0.3) is 0 Å². The van der Waals surface area contributed by atoms with E-state index in [1.807, 2.05) is 6.92 Å². The van der Waals surface area contributed by atoms with Crippen LogP contribution in [0, 0.1) is 16.7 Å². The van der Waals surface area contributed by atoms with E-state index in [-0.39, 0.29) is 0 Å². The topological polar surface area (TPSA) is 55.5 Å². The zero-order chi connectivity index (χ0) is 15.0. The van der Waals surface area contributed by atoms with Crippen LogP contribution in [-0.2, 0) is 4.74 Å². The third-order valence-electron chi connectivity index (χ3n) is 6.58. The Hall–Kier alpha value is -0.120. The summed E-state index contributed by atoms with van der Waals surface area (Å²) in [7, 11) is 0. The molecule has 0 amide bonds. The van der Waals surface area contributed by atoms with Crippen molar-refractivity contribution >= 4 is 0 Å². The molecule has 0 saturated heterocycles. The number of ether oxygens (including phenoxy) is 1. The predicted molar refractivity (Wildman–Crippen MR) is 82.5 cm³/mol. The highest BCUT2D eigenvalue weighted by molar-refractivity contribution is 5.11. The van der Waals surface area contributed by atoms with Crippen molar-refractivity contribution in [2.45, 2.75) is 77.9 Å². The summed E-state index contributed by atoms with van der Waals surface area (Å²) in [6.07, 6.45) is 7.15. The molecule has 0 radical (unpaired) electrons. The van der Waals surface area contributed by atoms with E-state index in [1.165, 1.54) is 19.3 Å². The number of hydrogen-bond donors (Lipinski definition) is 2. The fourth-order valence-corrected chi connectivity index (χ4v) is 4.32. The lowest BCUT2D eigenvalue weighted by molar-refractivity contribution is -0.0487. The van der Waals surface area contributed by atoms with E-state index in [9.17, 15) is 5.11 Å². The van der Waals surface area contributed by atoms with Crippen LogP contribution in [0.2, 0.25) is 0 Å². The highest BCUT2D eigenvalue weighted by Gasteiger charge is 2.61. The Labute approximate surface area is 124 Å². The number of unbranched alkanes of at least 4 members (excludes halogenated alkanes) is 1. The van der Waals surface area contributed by atoms with E-state index in [0.717, 1.165) is 31.8 Å². The van der Waals surface area contributed by atoms with Gasteiger partial charge in [-0.25, -0.2) is 0 Å². The molecule has 118 valence electrons. The van der Waals surface area contributed by atoms with Gasteiger partial charge >= 0.3 is 0 Å². The summed E-state index contributed by atoms with van der Waals surface area (Å²) in [4.78, 5) is 0. The van der Waals surface area contributed by atoms with Gasteiger partial charge in [0, 0.05) is 13.2 Å². The van der Waals surface area contributed by atoms with Crippen LogP contribution in [0.1, 0.15) is 66.2 Å². The molecule has 3 heteroatoms. The lowest BCUT2D eigenvalue weighted by Crippen LogP contribution is -2.37. The predicted octanol–water partition coefficient (Wildman–Crippen LogP) is 3.10. The van der Waals surface area contributed by atoms with Gasteiger partial charge in [-0.2, -0.15) is 0 Å². The molecule has 3 nitrogen and oxygen atoms in total. The van der Waals surface area contributed by atoms with Crippen LogP contribution in [0.5, 0.6) is 0 Å². The second-order valence-corrected chi connectivity index (χ2v) is 8.13. The summed E-state index contributed by atoms with van der Waals surface area (Å²) >= 11 is 0. The van der Waals surface area contributed by atoms with Gasteiger partial charge in [0.2, 0.25) is 0 Å². The first-order valence-electron chi connectivity index (χ1n) is 8.27. The lowest BCUT2D eigenvalue weighted by Gasteiger charge is -2.39. The molecule has 2 aliphatic rings. The second-order valence-electron chi connectivity index (χ2n) is 8.13. The number of rotatable bonds is 7. The molecular formula is C17H33NO2. The molecule has 3 N–H and O–H groups in total. The van der Waals surface area contributed by atoms with Crippen molar-refractivity contribution in [2.24, 2.45) is 22.5 Å². The SMILES string of the molecule is CC(O)(CN)CCCCOC1CC2CCC1(C)C2(C)C. The molecule has 20 heavy (non-hydrogen) atoms. The lowest BCUT2D eigenvalue weighted by atomic mass is 9.70. The molecule has 0 heterocycles. The standard InChI is InChI=1S/C17H33NO2/c1-15(2)13-7-9-17(15,4)14(11-13)20-10-6-5-8-16(3,19)12-18/h13-14,19H,5-12,18H2,1-4H3. The van der Waals surface area contributed by atoms with Crippen molar-refractivity contribution in [3.63, 3.8) is 0 Å². The molecule has 2 rings (SSSR count). The Morgan fingerprint density at radius 3 is 2.50 bits per heavy atom. The van der Waals surface area contributed by atoms with Crippen LogP contribution in [-0.4, -0.2) is 30.0 Å². The van der Waals surface area contributed by atoms with E-state index < -0.39 is 5.60 Å². The summed E-state index contributed by atoms with van der Waals surface area (Å²) in [6, 6.07) is 0. The molecule has 0 aromatic heterocycles. The Morgan fingerprint density at radius 1 is 1.30 bits per heavy atom. The zero-order valence-corrected chi connectivity index (χ0v) is 13.7. The van der Waals surface area contributed by atoms with E-state index in [4.69, 9.17) is 10.5 Å². The maximum absolute atomic E-state index is 9.86. The Bertz CT molecular complexity index is 340. The normalized spacial score (nSPS) is 38.1. The first kappa shape index (κ1) is 16.3. The average molecular weight is 283 g/mol. The van der Waals surface area contributed by atoms with Crippen LogP contribution in [0.15, 0.2) is 0 Å². The summed E-state index contributed by atoms with van der Waals surface area (Å²) in [5.41, 5.74) is 5.61. The molecule has 0 aromatic rings. The fourth-order valence-electron chi connectivity index (χ4n) is 4.32. The minimum atomic E-state index is -0.708. The van der Waals surface area contributed by atoms with Crippen LogP contribution < -0.4 is 5.73 Å². The Kier molecular flexibility index (Phi) is 4.54. The smallest absolute Gasteiger partial charge is 0.0741 e. The van der Waals surface area contributed by atoms with E-state index in [0.29, 0.717) is 23.5 Å². The highest BCUT2D eigenvalue weighted by Crippen LogP contribution is 2.66. The quantitative estimate of drug-likeness (QED) is 0.706. The Morgan fingerprint density at radius 2 is 2.00 bits per heavy atom. The number of nitrogens with two attached hydrogens (primary N) is 1. The van der Waals surface area contributed by atoms with Crippen molar-refractivity contribution < 1.29 is 9.84 Å². The van der Waals surface area contributed by atoms with E-state index >= 15 is 0 Å². The summed E-state index contributed by atoms with van der Waals surface area (Å²) in [6.45, 7) is 10.2. The van der Waals surface area contributed by atoms with Crippen molar-refractivity contribution in [3.8, 4) is 0 Å². The average Bonchev–Trinajstić information content (AvgIpc) is 2.71. The number of fused-ring (bicyclic) bond motifs is 2. The first-order chi connectivity index (χ1) is 9.23. The molecule has 4 atom stereocenters. The highest BCUT2D eigenvalue weighted by atomic mass is 16.5. The molecular weight excluding hydrogens is 250 g/mol. The molecule has 0 aromatic carbocycles. The maximum Gasteiger partial charge on any atom is 0.0741 e. The minimum absolute atomic E-state index is 0.338. The van der Waals surface area contributed by atoms with E-state index in [2.05, 4.69) is 20.8 Å². The fraction of sp³-hybridized carbons (Fsp3) is 1.00. The van der Waals surface area contributed by atoms with Crippen molar-refractivity contribution in [2.75, 3.05) is 13.2 Å². The Balaban J connectivity index is 1.72. The van der Waals surface area contributed by atoms with Gasteiger partial charge in [-0.3, -0.25) is 0 Å². The van der Waals surface area contributed by atoms with E-state index in [1.54, 1.807) is 0 Å². The third-order valence-corrected chi connectivity index (χ3v) is 6.58. The van der Waals surface area contributed by atoms with Crippen LogP contribution in [0.3, 0.4) is 0 Å². The molecule has 2 saturated carbocycles. The number of aliphatic hydroxyl groups is 1.